The van der Waals surface area contributed by atoms with Gasteiger partial charge in [-0.2, -0.15) is 0 Å². The van der Waals surface area contributed by atoms with E-state index in [1.54, 1.807) is 0 Å². The average molecular weight is 281 g/mol. The third-order valence-electron chi connectivity index (χ3n) is 3.91. The van der Waals surface area contributed by atoms with Crippen LogP contribution in [0, 0.1) is 5.92 Å². The summed E-state index contributed by atoms with van der Waals surface area (Å²) in [7, 11) is 0. The maximum atomic E-state index is 3.71. The van der Waals surface area contributed by atoms with Crippen LogP contribution in [0.4, 0.5) is 0 Å². The van der Waals surface area contributed by atoms with Crippen molar-refractivity contribution in [2.24, 2.45) is 5.92 Å². The first-order valence-corrected chi connectivity index (χ1v) is 8.05. The molecule has 0 saturated heterocycles. The fourth-order valence-corrected chi connectivity index (χ4v) is 3.09. The van der Waals surface area contributed by atoms with E-state index in [0.29, 0.717) is 17.9 Å². The van der Waals surface area contributed by atoms with E-state index in [1.165, 1.54) is 17.5 Å². The molecule has 1 unspecified atom stereocenters. The molecule has 0 aliphatic carbocycles. The molecule has 1 N–H and O–H groups in total. The molecule has 0 heterocycles. The Bertz CT molecular complexity index is 464. The minimum Gasteiger partial charge on any atom is -0.313 e. The molecule has 0 bridgehead atoms. The zero-order valence-electron chi connectivity index (χ0n) is 13.4. The van der Waals surface area contributed by atoms with Crippen molar-refractivity contribution in [1.82, 2.24) is 5.32 Å². The van der Waals surface area contributed by atoms with Crippen molar-refractivity contribution in [3.05, 3.63) is 71.8 Å². The Labute approximate surface area is 129 Å². The van der Waals surface area contributed by atoms with Gasteiger partial charge in [0.05, 0.1) is 0 Å². The van der Waals surface area contributed by atoms with Crippen molar-refractivity contribution in [3.63, 3.8) is 0 Å². The lowest BCUT2D eigenvalue weighted by Gasteiger charge is -2.30. The molecule has 0 saturated carbocycles. The highest BCUT2D eigenvalue weighted by molar-refractivity contribution is 5.34. The van der Waals surface area contributed by atoms with Crippen LogP contribution in [-0.4, -0.2) is 12.6 Å². The van der Waals surface area contributed by atoms with E-state index in [4.69, 9.17) is 0 Å². The Kier molecular flexibility index (Phi) is 6.01. The topological polar surface area (TPSA) is 12.0 Å². The van der Waals surface area contributed by atoms with Gasteiger partial charge in [0, 0.05) is 12.0 Å². The van der Waals surface area contributed by atoms with E-state index in [0.717, 1.165) is 6.54 Å². The number of hydrogen-bond donors (Lipinski definition) is 1. The Hall–Kier alpha value is -1.60. The zero-order chi connectivity index (χ0) is 15.1. The summed E-state index contributed by atoms with van der Waals surface area (Å²) in [5.74, 6) is 1.10. The van der Waals surface area contributed by atoms with Gasteiger partial charge >= 0.3 is 0 Å². The molecule has 21 heavy (non-hydrogen) atoms. The highest BCUT2D eigenvalue weighted by Crippen LogP contribution is 2.31. The Balaban J connectivity index is 2.39. The van der Waals surface area contributed by atoms with Gasteiger partial charge in [-0.15, -0.1) is 0 Å². The Morgan fingerprint density at radius 1 is 0.810 bits per heavy atom. The van der Waals surface area contributed by atoms with Gasteiger partial charge in [-0.05, 0) is 30.0 Å². The first kappa shape index (κ1) is 15.8. The van der Waals surface area contributed by atoms with Gasteiger partial charge in [-0.3, -0.25) is 0 Å². The van der Waals surface area contributed by atoms with Crippen molar-refractivity contribution >= 4 is 0 Å². The van der Waals surface area contributed by atoms with E-state index in [9.17, 15) is 0 Å². The van der Waals surface area contributed by atoms with Crippen molar-refractivity contribution in [2.45, 2.75) is 39.2 Å². The molecule has 2 rings (SSSR count). The average Bonchev–Trinajstić information content (AvgIpc) is 2.49. The normalized spacial score (nSPS) is 12.8. The van der Waals surface area contributed by atoms with Crippen LogP contribution in [0.1, 0.15) is 44.2 Å². The summed E-state index contributed by atoms with van der Waals surface area (Å²) in [6.07, 6.45) is 1.18. The van der Waals surface area contributed by atoms with Crippen molar-refractivity contribution in [1.29, 1.82) is 0 Å². The summed E-state index contributed by atoms with van der Waals surface area (Å²) < 4.78 is 0. The molecule has 0 aliphatic heterocycles. The lowest BCUT2D eigenvalue weighted by Crippen LogP contribution is -2.36. The minimum absolute atomic E-state index is 0.412. The van der Waals surface area contributed by atoms with Crippen molar-refractivity contribution in [2.75, 3.05) is 6.54 Å². The van der Waals surface area contributed by atoms with Crippen LogP contribution >= 0.6 is 0 Å². The summed E-state index contributed by atoms with van der Waals surface area (Å²) in [5.41, 5.74) is 2.80. The summed E-state index contributed by atoms with van der Waals surface area (Å²) in [6, 6.07) is 22.2. The maximum Gasteiger partial charge on any atom is 0.0243 e. The third kappa shape index (κ3) is 4.44. The molecule has 1 nitrogen and oxygen atoms in total. The molecule has 0 amide bonds. The summed E-state index contributed by atoms with van der Waals surface area (Å²) in [5, 5.41) is 3.71. The quantitative estimate of drug-likeness (QED) is 0.765. The van der Waals surface area contributed by atoms with Crippen LogP contribution < -0.4 is 5.32 Å². The maximum absolute atomic E-state index is 3.71. The second kappa shape index (κ2) is 7.99. The smallest absolute Gasteiger partial charge is 0.0243 e. The first-order chi connectivity index (χ1) is 10.2. The van der Waals surface area contributed by atoms with Crippen LogP contribution in [-0.2, 0) is 0 Å². The SMILES string of the molecule is CCNC(CC(C)C)C(c1ccccc1)c1ccccc1. The van der Waals surface area contributed by atoms with Gasteiger partial charge in [0.1, 0.15) is 0 Å². The third-order valence-corrected chi connectivity index (χ3v) is 3.91. The van der Waals surface area contributed by atoms with Crippen LogP contribution in [0.3, 0.4) is 0 Å². The summed E-state index contributed by atoms with van der Waals surface area (Å²) >= 11 is 0. The van der Waals surface area contributed by atoms with Gasteiger partial charge in [0.25, 0.3) is 0 Å². The van der Waals surface area contributed by atoms with E-state index < -0.39 is 0 Å². The molecule has 0 spiro atoms. The van der Waals surface area contributed by atoms with Crippen LogP contribution in [0.5, 0.6) is 0 Å². The molecule has 0 aliphatic rings. The molecule has 0 fully saturated rings. The number of rotatable bonds is 7. The lowest BCUT2D eigenvalue weighted by molar-refractivity contribution is 0.394. The largest absolute Gasteiger partial charge is 0.313 e. The van der Waals surface area contributed by atoms with Gasteiger partial charge in [-0.25, -0.2) is 0 Å². The van der Waals surface area contributed by atoms with E-state index in [2.05, 4.69) is 86.8 Å². The molecule has 1 atom stereocenters. The second-order valence-corrected chi connectivity index (χ2v) is 6.09. The predicted molar refractivity (Wildman–Crippen MR) is 91.6 cm³/mol. The predicted octanol–water partition coefficient (Wildman–Crippen LogP) is 4.84. The second-order valence-electron chi connectivity index (χ2n) is 6.09. The van der Waals surface area contributed by atoms with Crippen molar-refractivity contribution < 1.29 is 0 Å². The first-order valence-electron chi connectivity index (χ1n) is 8.05. The highest BCUT2D eigenvalue weighted by Gasteiger charge is 2.24. The molecule has 2 aromatic rings. The molecule has 1 heteroatoms. The van der Waals surface area contributed by atoms with E-state index >= 15 is 0 Å². The van der Waals surface area contributed by atoms with E-state index in [-0.39, 0.29) is 0 Å². The van der Waals surface area contributed by atoms with Gasteiger partial charge in [0.15, 0.2) is 0 Å². The molecule has 0 aromatic heterocycles. The summed E-state index contributed by atoms with van der Waals surface area (Å²) in [6.45, 7) is 7.81. The molecule has 2 aromatic carbocycles. The minimum atomic E-state index is 0.412. The molecule has 0 radical (unpaired) electrons. The van der Waals surface area contributed by atoms with E-state index in [1.807, 2.05) is 0 Å². The Morgan fingerprint density at radius 3 is 1.67 bits per heavy atom. The van der Waals surface area contributed by atoms with Crippen LogP contribution in [0.2, 0.25) is 0 Å². The van der Waals surface area contributed by atoms with Gasteiger partial charge in [0.2, 0.25) is 0 Å². The fraction of sp³-hybridized carbons (Fsp3) is 0.400. The zero-order valence-corrected chi connectivity index (χ0v) is 13.4. The standard InChI is InChI=1S/C20H27N/c1-4-21-19(15-16(2)3)20(17-11-7-5-8-12-17)18-13-9-6-10-14-18/h5-14,16,19-21H,4,15H2,1-3H3. The number of nitrogens with one attached hydrogen (secondary N) is 1. The van der Waals surface area contributed by atoms with Crippen LogP contribution in [0.25, 0.3) is 0 Å². The number of benzene rings is 2. The highest BCUT2D eigenvalue weighted by atomic mass is 14.9. The molecular weight excluding hydrogens is 254 g/mol. The van der Waals surface area contributed by atoms with Crippen molar-refractivity contribution in [3.8, 4) is 0 Å². The van der Waals surface area contributed by atoms with Gasteiger partial charge < -0.3 is 5.32 Å². The Morgan fingerprint density at radius 2 is 1.29 bits per heavy atom. The number of likely N-dealkylation sites (N-methyl/N-ethyl adjacent to an activating group) is 1. The number of hydrogen-bond acceptors (Lipinski definition) is 1. The lowest BCUT2D eigenvalue weighted by atomic mass is 9.81. The van der Waals surface area contributed by atoms with Gasteiger partial charge in [-0.1, -0.05) is 81.4 Å². The molecular formula is C20H27N. The van der Waals surface area contributed by atoms with Crippen LogP contribution in [0.15, 0.2) is 60.7 Å². The summed E-state index contributed by atoms with van der Waals surface area (Å²) in [4.78, 5) is 0. The monoisotopic (exact) mass is 281 g/mol. The fourth-order valence-electron chi connectivity index (χ4n) is 3.09. The molecule has 112 valence electrons.